The van der Waals surface area contributed by atoms with Crippen LogP contribution in [0.2, 0.25) is 0 Å². The average Bonchev–Trinajstić information content (AvgIpc) is 4.08. The molecule has 11 rings (SSSR count). The number of para-hydroxylation sites is 3. The van der Waals surface area contributed by atoms with Crippen LogP contribution in [-0.4, -0.2) is 0 Å². The Balaban J connectivity index is 0.979. The van der Waals surface area contributed by atoms with E-state index in [1.165, 1.54) is 119 Å². The fourth-order valence-electron chi connectivity index (χ4n) is 11.7. The van der Waals surface area contributed by atoms with Crippen molar-refractivity contribution in [1.29, 1.82) is 0 Å². The first kappa shape index (κ1) is 33.5. The van der Waals surface area contributed by atoms with Crippen molar-refractivity contribution in [2.45, 2.75) is 62.2 Å². The summed E-state index contributed by atoms with van der Waals surface area (Å²) >= 11 is 0. The highest BCUT2D eigenvalue weighted by molar-refractivity contribution is 5.86. The Bertz CT molecular complexity index is 2440. The SMILES string of the molecule is c1ccc(N(c2ccccc2)c2ccc(C3(c4ccc(N(c5ccccc5)c5ccc6c(c5)C5(CCCC5)c5ccccc5-6)cc4)CC4CCC3C4)cc2)cc1. The molecule has 0 N–H and O–H groups in total. The number of fused-ring (bicyclic) bond motifs is 7. The Hall–Kier alpha value is -5.86. The van der Waals surface area contributed by atoms with Crippen LogP contribution in [0.15, 0.2) is 182 Å². The molecular weight excluding hydrogens is 677 g/mol. The van der Waals surface area contributed by atoms with Gasteiger partial charge in [0.1, 0.15) is 0 Å². The minimum atomic E-state index is 0.0239. The lowest BCUT2D eigenvalue weighted by atomic mass is 9.64. The van der Waals surface area contributed by atoms with Crippen molar-refractivity contribution in [2.24, 2.45) is 11.8 Å². The molecule has 3 atom stereocenters. The van der Waals surface area contributed by atoms with E-state index < -0.39 is 0 Å². The Labute approximate surface area is 332 Å². The van der Waals surface area contributed by atoms with Crippen LogP contribution in [0.25, 0.3) is 11.1 Å². The van der Waals surface area contributed by atoms with E-state index in [4.69, 9.17) is 0 Å². The zero-order chi connectivity index (χ0) is 37.1. The lowest BCUT2D eigenvalue weighted by molar-refractivity contribution is 0.320. The van der Waals surface area contributed by atoms with Crippen LogP contribution in [0.4, 0.5) is 34.1 Å². The van der Waals surface area contributed by atoms with Gasteiger partial charge in [-0.15, -0.1) is 0 Å². The molecule has 1 spiro atoms. The van der Waals surface area contributed by atoms with Crippen LogP contribution in [0.1, 0.15) is 73.6 Å². The predicted molar refractivity (Wildman–Crippen MR) is 233 cm³/mol. The van der Waals surface area contributed by atoms with E-state index >= 15 is 0 Å². The molecule has 4 aliphatic carbocycles. The van der Waals surface area contributed by atoms with Gasteiger partial charge in [0, 0.05) is 45.0 Å². The largest absolute Gasteiger partial charge is 0.311 e. The Morgan fingerprint density at radius 3 is 1.39 bits per heavy atom. The highest BCUT2D eigenvalue weighted by Gasteiger charge is 2.53. The van der Waals surface area contributed by atoms with Crippen LogP contribution in [0.3, 0.4) is 0 Å². The summed E-state index contributed by atoms with van der Waals surface area (Å²) in [5.74, 6) is 1.46. The third-order valence-corrected chi connectivity index (χ3v) is 14.1. The number of nitrogens with zero attached hydrogens (tertiary/aromatic N) is 2. The van der Waals surface area contributed by atoms with Gasteiger partial charge in [-0.25, -0.2) is 0 Å². The minimum absolute atomic E-state index is 0.0239. The third-order valence-electron chi connectivity index (χ3n) is 14.1. The first-order chi connectivity index (χ1) is 27.7. The van der Waals surface area contributed by atoms with Crippen molar-refractivity contribution in [3.8, 4) is 11.1 Å². The summed E-state index contributed by atoms with van der Waals surface area (Å²) in [7, 11) is 0. The Morgan fingerprint density at radius 1 is 0.411 bits per heavy atom. The van der Waals surface area contributed by atoms with Crippen LogP contribution in [-0.2, 0) is 10.8 Å². The lowest BCUT2D eigenvalue weighted by Gasteiger charge is -2.40. The monoisotopic (exact) mass is 724 g/mol. The molecule has 3 saturated carbocycles. The van der Waals surface area contributed by atoms with Crippen molar-refractivity contribution < 1.29 is 0 Å². The molecule has 3 unspecified atom stereocenters. The van der Waals surface area contributed by atoms with Gasteiger partial charge in [0.2, 0.25) is 0 Å². The highest BCUT2D eigenvalue weighted by atomic mass is 15.1. The summed E-state index contributed by atoms with van der Waals surface area (Å²) in [4.78, 5) is 4.86. The normalized spacial score (nSPS) is 21.2. The topological polar surface area (TPSA) is 6.48 Å². The summed E-state index contributed by atoms with van der Waals surface area (Å²) in [5, 5.41) is 0. The van der Waals surface area contributed by atoms with Crippen LogP contribution in [0, 0.1) is 11.8 Å². The van der Waals surface area contributed by atoms with Gasteiger partial charge >= 0.3 is 0 Å². The second-order valence-electron chi connectivity index (χ2n) is 16.9. The van der Waals surface area contributed by atoms with Gasteiger partial charge in [-0.2, -0.15) is 0 Å². The van der Waals surface area contributed by atoms with E-state index in [0.29, 0.717) is 5.92 Å². The van der Waals surface area contributed by atoms with Gasteiger partial charge in [0.25, 0.3) is 0 Å². The maximum Gasteiger partial charge on any atom is 0.0465 e. The third kappa shape index (κ3) is 5.22. The zero-order valence-electron chi connectivity index (χ0n) is 32.0. The minimum Gasteiger partial charge on any atom is -0.311 e. The van der Waals surface area contributed by atoms with Crippen LogP contribution < -0.4 is 9.80 Å². The number of anilines is 6. The maximum atomic E-state index is 2.54. The molecule has 274 valence electrons. The lowest BCUT2D eigenvalue weighted by Crippen LogP contribution is -2.34. The van der Waals surface area contributed by atoms with E-state index in [1.807, 2.05) is 0 Å². The molecule has 0 aromatic heterocycles. The van der Waals surface area contributed by atoms with E-state index in [9.17, 15) is 0 Å². The summed E-state index contributed by atoms with van der Waals surface area (Å²) in [6, 6.07) is 68.3. The Morgan fingerprint density at radius 2 is 0.875 bits per heavy atom. The van der Waals surface area contributed by atoms with Crippen molar-refractivity contribution in [2.75, 3.05) is 9.80 Å². The summed E-state index contributed by atoms with van der Waals surface area (Å²) in [6.07, 6.45) is 10.3. The quantitative estimate of drug-likeness (QED) is 0.154. The number of hydrogen-bond acceptors (Lipinski definition) is 2. The molecule has 0 radical (unpaired) electrons. The van der Waals surface area contributed by atoms with Crippen LogP contribution >= 0.6 is 0 Å². The highest BCUT2D eigenvalue weighted by Crippen LogP contribution is 2.61. The molecule has 2 nitrogen and oxygen atoms in total. The molecule has 56 heavy (non-hydrogen) atoms. The Kier molecular flexibility index (Phi) is 8.02. The molecule has 7 aromatic rings. The van der Waals surface area contributed by atoms with Crippen molar-refractivity contribution >= 4 is 34.1 Å². The van der Waals surface area contributed by atoms with E-state index in [2.05, 4.69) is 192 Å². The molecule has 7 aromatic carbocycles. The summed E-state index contributed by atoms with van der Waals surface area (Å²) in [5.41, 5.74) is 16.2. The van der Waals surface area contributed by atoms with Gasteiger partial charge < -0.3 is 9.80 Å². The fraction of sp³-hybridized carbons (Fsp3) is 0.222. The van der Waals surface area contributed by atoms with E-state index in [1.54, 1.807) is 0 Å². The number of hydrogen-bond donors (Lipinski definition) is 0. The number of benzene rings is 7. The van der Waals surface area contributed by atoms with E-state index in [0.717, 1.165) is 5.92 Å². The molecule has 0 heterocycles. The zero-order valence-corrected chi connectivity index (χ0v) is 32.0. The molecule has 0 aliphatic heterocycles. The molecule has 2 bridgehead atoms. The second-order valence-corrected chi connectivity index (χ2v) is 16.9. The van der Waals surface area contributed by atoms with Crippen molar-refractivity contribution in [3.63, 3.8) is 0 Å². The molecular formula is C54H48N2. The molecule has 4 aliphatic rings. The smallest absolute Gasteiger partial charge is 0.0465 e. The van der Waals surface area contributed by atoms with Gasteiger partial charge in [0.15, 0.2) is 0 Å². The van der Waals surface area contributed by atoms with Gasteiger partial charge in [-0.1, -0.05) is 128 Å². The van der Waals surface area contributed by atoms with Gasteiger partial charge in [-0.05, 0) is 150 Å². The summed E-state index contributed by atoms with van der Waals surface area (Å²) in [6.45, 7) is 0. The molecule has 0 saturated heterocycles. The summed E-state index contributed by atoms with van der Waals surface area (Å²) < 4.78 is 0. The van der Waals surface area contributed by atoms with E-state index in [-0.39, 0.29) is 10.8 Å². The molecule has 3 fully saturated rings. The fourth-order valence-corrected chi connectivity index (χ4v) is 11.7. The van der Waals surface area contributed by atoms with Gasteiger partial charge in [-0.3, -0.25) is 0 Å². The average molecular weight is 725 g/mol. The first-order valence-corrected chi connectivity index (χ1v) is 20.9. The predicted octanol–water partition coefficient (Wildman–Crippen LogP) is 14.6. The number of rotatable bonds is 8. The second kappa shape index (κ2) is 13.4. The maximum absolute atomic E-state index is 2.54. The van der Waals surface area contributed by atoms with Crippen molar-refractivity contribution in [1.82, 2.24) is 0 Å². The molecule has 0 amide bonds. The van der Waals surface area contributed by atoms with Gasteiger partial charge in [0.05, 0.1) is 0 Å². The van der Waals surface area contributed by atoms with Crippen molar-refractivity contribution in [3.05, 3.63) is 204 Å². The standard InChI is InChI=1S/C54H48N2/c1-4-14-43(15-5-1)55(44-16-6-2-7-17-44)46-28-24-40(25-29-46)54(38-39-22-23-42(54)36-39)41-26-30-47(31-27-41)56(45-18-8-3-9-19-45)48-32-33-50-49-20-10-11-21-51(49)53(52(50)37-48)34-12-13-35-53/h1-11,14-21,24-33,37,39,42H,12-13,22-23,34-36,38H2. The molecule has 2 heteroatoms. The first-order valence-electron chi connectivity index (χ1n) is 20.9. The van der Waals surface area contributed by atoms with Crippen LogP contribution in [0.5, 0.6) is 0 Å².